The summed E-state index contributed by atoms with van der Waals surface area (Å²) in [6.45, 7) is 2.19. The van der Waals surface area contributed by atoms with Crippen molar-refractivity contribution in [2.24, 2.45) is 0 Å². The van der Waals surface area contributed by atoms with Gasteiger partial charge in [-0.1, -0.05) is 12.5 Å². The molecule has 0 saturated heterocycles. The zero-order chi connectivity index (χ0) is 15.2. The van der Waals surface area contributed by atoms with Gasteiger partial charge in [0, 0.05) is 17.4 Å². The van der Waals surface area contributed by atoms with Crippen molar-refractivity contribution in [2.75, 3.05) is 6.54 Å². The molecule has 0 spiro atoms. The largest absolute Gasteiger partial charge is 0.481 e. The maximum atomic E-state index is 12.1. The van der Waals surface area contributed by atoms with Crippen LogP contribution in [0, 0.1) is 6.92 Å². The molecule has 0 bridgehead atoms. The topological polar surface area (TPSA) is 83.5 Å². The van der Waals surface area contributed by atoms with Gasteiger partial charge in [0.05, 0.1) is 4.90 Å². The lowest BCUT2D eigenvalue weighted by Crippen LogP contribution is -2.25. The summed E-state index contributed by atoms with van der Waals surface area (Å²) in [7, 11) is -3.52. The van der Waals surface area contributed by atoms with Crippen LogP contribution in [0.15, 0.2) is 27.6 Å². The molecule has 0 aliphatic rings. The van der Waals surface area contributed by atoms with Crippen LogP contribution < -0.4 is 4.72 Å². The normalized spacial score (nSPS) is 11.5. The molecular formula is C13H18BrNO4S. The van der Waals surface area contributed by atoms with E-state index in [1.807, 2.05) is 6.92 Å². The van der Waals surface area contributed by atoms with Crippen LogP contribution in [0.2, 0.25) is 0 Å². The molecule has 0 aliphatic carbocycles. The SMILES string of the molecule is Cc1ccc(S(=O)(=O)NCCCCCC(=O)O)c(Br)c1. The second-order valence-electron chi connectivity index (χ2n) is 4.54. The Kier molecular flexibility index (Phi) is 6.64. The van der Waals surface area contributed by atoms with E-state index in [4.69, 9.17) is 5.11 Å². The Morgan fingerprint density at radius 3 is 2.60 bits per heavy atom. The van der Waals surface area contributed by atoms with Crippen molar-refractivity contribution in [1.82, 2.24) is 4.72 Å². The Hall–Kier alpha value is -0.920. The van der Waals surface area contributed by atoms with E-state index in [0.717, 1.165) is 5.56 Å². The number of nitrogens with one attached hydrogen (secondary N) is 1. The number of carboxylic acids is 1. The van der Waals surface area contributed by atoms with Gasteiger partial charge < -0.3 is 5.11 Å². The number of unbranched alkanes of at least 4 members (excludes halogenated alkanes) is 2. The summed E-state index contributed by atoms with van der Waals surface area (Å²) >= 11 is 3.25. The number of carbonyl (C=O) groups is 1. The maximum Gasteiger partial charge on any atom is 0.303 e. The van der Waals surface area contributed by atoms with Gasteiger partial charge in [-0.25, -0.2) is 13.1 Å². The summed E-state index contributed by atoms with van der Waals surface area (Å²) in [6.07, 6.45) is 1.99. The summed E-state index contributed by atoms with van der Waals surface area (Å²) in [5, 5.41) is 8.48. The highest BCUT2D eigenvalue weighted by molar-refractivity contribution is 9.10. The van der Waals surface area contributed by atoms with Gasteiger partial charge in [0.2, 0.25) is 10.0 Å². The van der Waals surface area contributed by atoms with E-state index in [1.165, 1.54) is 0 Å². The lowest BCUT2D eigenvalue weighted by Gasteiger charge is -2.09. The number of aliphatic carboxylic acids is 1. The minimum atomic E-state index is -3.52. The monoisotopic (exact) mass is 363 g/mol. The number of carboxylic acid groups (broad SMARTS) is 1. The fourth-order valence-electron chi connectivity index (χ4n) is 1.69. The van der Waals surface area contributed by atoms with Gasteiger partial charge in [-0.05, 0) is 53.4 Å². The third-order valence-electron chi connectivity index (χ3n) is 2.74. The maximum absolute atomic E-state index is 12.1. The van der Waals surface area contributed by atoms with Crippen LogP contribution in [0.5, 0.6) is 0 Å². The van der Waals surface area contributed by atoms with Gasteiger partial charge in [0.25, 0.3) is 0 Å². The highest BCUT2D eigenvalue weighted by Crippen LogP contribution is 2.22. The van der Waals surface area contributed by atoms with Crippen molar-refractivity contribution < 1.29 is 18.3 Å². The predicted molar refractivity (Wildman–Crippen MR) is 80.2 cm³/mol. The Bertz CT molecular complexity index is 572. The zero-order valence-corrected chi connectivity index (χ0v) is 13.6. The summed E-state index contributed by atoms with van der Waals surface area (Å²) in [5.41, 5.74) is 0.976. The lowest BCUT2D eigenvalue weighted by atomic mass is 10.2. The van der Waals surface area contributed by atoms with E-state index in [2.05, 4.69) is 20.7 Å². The van der Waals surface area contributed by atoms with Crippen LogP contribution in [0.4, 0.5) is 0 Å². The number of sulfonamides is 1. The molecule has 1 aromatic carbocycles. The van der Waals surface area contributed by atoms with E-state index in [1.54, 1.807) is 18.2 Å². The number of aryl methyl sites for hydroxylation is 1. The van der Waals surface area contributed by atoms with Crippen LogP contribution in [0.3, 0.4) is 0 Å². The van der Waals surface area contributed by atoms with E-state index >= 15 is 0 Å². The minimum absolute atomic E-state index is 0.121. The fourth-order valence-corrected chi connectivity index (χ4v) is 3.95. The van der Waals surface area contributed by atoms with E-state index in [9.17, 15) is 13.2 Å². The molecule has 0 amide bonds. The van der Waals surface area contributed by atoms with E-state index < -0.39 is 16.0 Å². The summed E-state index contributed by atoms with van der Waals surface area (Å²) in [4.78, 5) is 10.5. The Morgan fingerprint density at radius 2 is 2.00 bits per heavy atom. The molecule has 5 nitrogen and oxygen atoms in total. The van der Waals surface area contributed by atoms with Crippen molar-refractivity contribution >= 4 is 31.9 Å². The van der Waals surface area contributed by atoms with Crippen molar-refractivity contribution in [1.29, 1.82) is 0 Å². The molecule has 0 saturated carbocycles. The first kappa shape index (κ1) is 17.1. The van der Waals surface area contributed by atoms with Gasteiger partial charge >= 0.3 is 5.97 Å². The molecule has 7 heteroatoms. The van der Waals surface area contributed by atoms with Crippen LogP contribution >= 0.6 is 15.9 Å². The number of rotatable bonds is 8. The molecule has 0 atom stereocenters. The zero-order valence-electron chi connectivity index (χ0n) is 11.2. The first-order valence-electron chi connectivity index (χ1n) is 6.30. The third-order valence-corrected chi connectivity index (χ3v) is 5.17. The average molecular weight is 364 g/mol. The fraction of sp³-hybridized carbons (Fsp3) is 0.462. The van der Waals surface area contributed by atoms with Gasteiger partial charge in [0.1, 0.15) is 0 Å². The highest BCUT2D eigenvalue weighted by Gasteiger charge is 2.16. The van der Waals surface area contributed by atoms with Crippen molar-refractivity contribution in [3.8, 4) is 0 Å². The van der Waals surface area contributed by atoms with Crippen molar-refractivity contribution in [2.45, 2.75) is 37.5 Å². The average Bonchev–Trinajstić information content (AvgIpc) is 2.32. The Labute approximate surface area is 127 Å². The number of hydrogen-bond acceptors (Lipinski definition) is 3. The van der Waals surface area contributed by atoms with Gasteiger partial charge in [-0.3, -0.25) is 4.79 Å². The Balaban J connectivity index is 2.48. The minimum Gasteiger partial charge on any atom is -0.481 e. The van der Waals surface area contributed by atoms with Crippen molar-refractivity contribution in [3.05, 3.63) is 28.2 Å². The van der Waals surface area contributed by atoms with E-state index in [0.29, 0.717) is 30.3 Å². The second kappa shape index (κ2) is 7.75. The summed E-state index contributed by atoms with van der Waals surface area (Å²) in [6, 6.07) is 5.06. The van der Waals surface area contributed by atoms with Crippen LogP contribution in [-0.2, 0) is 14.8 Å². The van der Waals surface area contributed by atoms with E-state index in [-0.39, 0.29) is 11.3 Å². The number of halogens is 1. The molecule has 1 rings (SSSR count). The summed E-state index contributed by atoms with van der Waals surface area (Å²) in [5.74, 6) is -0.825. The second-order valence-corrected chi connectivity index (χ2v) is 7.13. The molecule has 0 radical (unpaired) electrons. The molecular weight excluding hydrogens is 346 g/mol. The molecule has 20 heavy (non-hydrogen) atoms. The van der Waals surface area contributed by atoms with Crippen LogP contribution in [-0.4, -0.2) is 26.0 Å². The molecule has 112 valence electrons. The standard InChI is InChI=1S/C13H18BrNO4S/c1-10-6-7-12(11(14)9-10)20(18,19)15-8-4-2-3-5-13(16)17/h6-7,9,15H,2-5,8H2,1H3,(H,16,17). The predicted octanol–water partition coefficient (Wildman–Crippen LogP) is 2.68. The number of benzene rings is 1. The molecule has 0 fully saturated rings. The highest BCUT2D eigenvalue weighted by atomic mass is 79.9. The third kappa shape index (κ3) is 5.60. The molecule has 2 N–H and O–H groups in total. The molecule has 1 aromatic rings. The molecule has 0 heterocycles. The first-order valence-corrected chi connectivity index (χ1v) is 8.58. The quantitative estimate of drug-likeness (QED) is 0.695. The van der Waals surface area contributed by atoms with Gasteiger partial charge in [-0.2, -0.15) is 0 Å². The molecule has 0 aromatic heterocycles. The number of hydrogen-bond donors (Lipinski definition) is 2. The smallest absolute Gasteiger partial charge is 0.303 e. The first-order chi connectivity index (χ1) is 9.33. The molecule has 0 aliphatic heterocycles. The van der Waals surface area contributed by atoms with Gasteiger partial charge in [0.15, 0.2) is 0 Å². The van der Waals surface area contributed by atoms with Gasteiger partial charge in [-0.15, -0.1) is 0 Å². The Morgan fingerprint density at radius 1 is 1.30 bits per heavy atom. The van der Waals surface area contributed by atoms with Crippen LogP contribution in [0.25, 0.3) is 0 Å². The van der Waals surface area contributed by atoms with Crippen molar-refractivity contribution in [3.63, 3.8) is 0 Å². The molecule has 0 unspecified atom stereocenters. The lowest BCUT2D eigenvalue weighted by molar-refractivity contribution is -0.137. The summed E-state index contributed by atoms with van der Waals surface area (Å²) < 4.78 is 27.2. The van der Waals surface area contributed by atoms with Crippen LogP contribution in [0.1, 0.15) is 31.2 Å².